The zero-order chi connectivity index (χ0) is 28.2. The molecule has 3 aromatic carbocycles. The molecule has 0 saturated heterocycles. The first-order valence-electron chi connectivity index (χ1n) is 12.5. The molecule has 38 heavy (non-hydrogen) atoms. The van der Waals surface area contributed by atoms with Crippen molar-refractivity contribution in [1.29, 1.82) is 0 Å². The molecule has 0 fully saturated rings. The fraction of sp³-hybridized carbons (Fsp3) is 0.286. The van der Waals surface area contributed by atoms with Crippen LogP contribution in [0.3, 0.4) is 0 Å². The van der Waals surface area contributed by atoms with E-state index in [1.165, 1.54) is 30.5 Å². The molecule has 1 aliphatic rings. The van der Waals surface area contributed by atoms with Gasteiger partial charge in [0.2, 0.25) is 5.69 Å². The van der Waals surface area contributed by atoms with E-state index in [1.54, 1.807) is 13.0 Å². The summed E-state index contributed by atoms with van der Waals surface area (Å²) in [5.41, 5.74) is 3.75. The van der Waals surface area contributed by atoms with E-state index in [9.17, 15) is 24.3 Å². The van der Waals surface area contributed by atoms with Crippen molar-refractivity contribution >= 4 is 22.3 Å². The summed E-state index contributed by atoms with van der Waals surface area (Å²) >= 11 is 0. The Morgan fingerprint density at radius 2 is 1.68 bits per heavy atom. The lowest BCUT2D eigenvalue weighted by Gasteiger charge is -2.24. The average molecular weight is 530 g/mol. The third-order valence-corrected chi connectivity index (χ3v) is 5.97. The van der Waals surface area contributed by atoms with Gasteiger partial charge in [0.05, 0.1) is 22.1 Å². The summed E-state index contributed by atoms with van der Waals surface area (Å²) in [7, 11) is 0. The van der Waals surface area contributed by atoms with Gasteiger partial charge in [0.25, 0.3) is 0 Å². The van der Waals surface area contributed by atoms with Crippen molar-refractivity contribution in [3.05, 3.63) is 83.1 Å². The number of halogens is 3. The fourth-order valence-corrected chi connectivity index (χ4v) is 4.41. The molecule has 4 N–H and O–H groups in total. The second-order valence-electron chi connectivity index (χ2n) is 8.32. The number of fused-ring (bicyclic) bond motifs is 2. The highest BCUT2D eigenvalue weighted by molar-refractivity contribution is 5.84. The standard InChI is InChI=1S/C24H20F3N4O3.2C2H6/c1-12-8-16-15(3-7-21(16)32)20(9-12)31(33,34)30-19-6-4-17(25)22(23(19)26)13-2-5-18-14(10-13)11-28-24(27)29-18;2*1-2/h2,4-6,8-11,21,30,32-34H,3,7H2,1H3;2*1-2H3/q+1;;. The molecular weight excluding hydrogens is 497 g/mol. The van der Waals surface area contributed by atoms with Crippen LogP contribution < -0.4 is 10.3 Å². The molecule has 0 bridgehead atoms. The molecule has 0 spiro atoms. The van der Waals surface area contributed by atoms with E-state index < -0.39 is 34.3 Å². The molecule has 5 rings (SSSR count). The van der Waals surface area contributed by atoms with Crippen molar-refractivity contribution in [2.75, 3.05) is 5.43 Å². The average Bonchev–Trinajstić information content (AvgIpc) is 3.27. The van der Waals surface area contributed by atoms with Gasteiger partial charge in [0, 0.05) is 23.2 Å². The molecule has 1 atom stereocenters. The van der Waals surface area contributed by atoms with E-state index in [0.29, 0.717) is 34.9 Å². The van der Waals surface area contributed by atoms with Crippen LogP contribution in [-0.2, 0) is 6.42 Å². The molecule has 0 aliphatic heterocycles. The maximum atomic E-state index is 15.5. The van der Waals surface area contributed by atoms with Gasteiger partial charge in [-0.3, -0.25) is 0 Å². The predicted octanol–water partition coefficient (Wildman–Crippen LogP) is 7.17. The summed E-state index contributed by atoms with van der Waals surface area (Å²) in [5, 5.41) is 32.2. The minimum Gasteiger partial charge on any atom is -0.388 e. The Morgan fingerprint density at radius 1 is 0.974 bits per heavy atom. The third-order valence-electron chi connectivity index (χ3n) is 5.97. The van der Waals surface area contributed by atoms with Crippen LogP contribution in [0.2, 0.25) is 0 Å². The van der Waals surface area contributed by atoms with Gasteiger partial charge in [-0.2, -0.15) is 9.82 Å². The number of rotatable bonds is 4. The van der Waals surface area contributed by atoms with Gasteiger partial charge in [-0.1, -0.05) is 39.8 Å². The Kier molecular flexibility index (Phi) is 9.05. The highest BCUT2D eigenvalue weighted by atomic mass is 19.1. The van der Waals surface area contributed by atoms with Gasteiger partial charge >= 0.3 is 6.08 Å². The molecule has 1 heterocycles. The molecule has 202 valence electrons. The Labute approximate surface area is 219 Å². The van der Waals surface area contributed by atoms with Gasteiger partial charge in [0.15, 0.2) is 5.82 Å². The molecule has 10 heteroatoms. The van der Waals surface area contributed by atoms with Crippen molar-refractivity contribution < 1.29 is 28.7 Å². The second-order valence-corrected chi connectivity index (χ2v) is 8.32. The number of anilines is 1. The largest absolute Gasteiger partial charge is 0.388 e. The van der Waals surface area contributed by atoms with Gasteiger partial charge < -0.3 is 5.11 Å². The Hall–Kier alpha value is -3.57. The number of quaternary nitrogens is 1. The first-order chi connectivity index (χ1) is 18.1. The highest BCUT2D eigenvalue weighted by Gasteiger charge is 2.37. The first kappa shape index (κ1) is 29.0. The van der Waals surface area contributed by atoms with Crippen molar-refractivity contribution in [3.8, 4) is 11.1 Å². The molecule has 0 saturated carbocycles. The summed E-state index contributed by atoms with van der Waals surface area (Å²) in [5.74, 6) is -1.93. The second kappa shape index (κ2) is 11.9. The van der Waals surface area contributed by atoms with Crippen molar-refractivity contribution in [2.24, 2.45) is 0 Å². The number of aryl methyl sites for hydroxylation is 1. The number of benzene rings is 3. The van der Waals surface area contributed by atoms with E-state index in [4.69, 9.17) is 0 Å². The molecule has 7 nitrogen and oxygen atoms in total. The quantitative estimate of drug-likeness (QED) is 0.127. The monoisotopic (exact) mass is 529 g/mol. The number of aliphatic hydroxyl groups excluding tert-OH is 1. The Bertz CT molecular complexity index is 1450. The number of nitrogens with zero attached hydrogens (tertiary/aromatic N) is 3. The summed E-state index contributed by atoms with van der Waals surface area (Å²) in [4.78, 5) is 5.20. The van der Waals surface area contributed by atoms with Crippen LogP contribution in [0.15, 0.2) is 48.7 Å². The molecule has 4 aromatic rings. The van der Waals surface area contributed by atoms with Crippen LogP contribution >= 0.6 is 0 Å². The lowest BCUT2D eigenvalue weighted by Crippen LogP contribution is -2.48. The van der Waals surface area contributed by atoms with Crippen LogP contribution in [0.1, 0.15) is 56.9 Å². The lowest BCUT2D eigenvalue weighted by atomic mass is 10.0. The molecule has 1 aliphatic carbocycles. The Morgan fingerprint density at radius 3 is 2.39 bits per heavy atom. The zero-order valence-corrected chi connectivity index (χ0v) is 21.9. The summed E-state index contributed by atoms with van der Waals surface area (Å²) in [6.07, 6.45) is 0.393. The Balaban J connectivity index is 0.000000956. The summed E-state index contributed by atoms with van der Waals surface area (Å²) in [6, 6.07) is 9.55. The smallest absolute Gasteiger partial charge is 0.309 e. The molecular formula is C28H32F3N4O3+. The van der Waals surface area contributed by atoms with Crippen LogP contribution in [0, 0.1) is 24.6 Å². The lowest BCUT2D eigenvalue weighted by molar-refractivity contribution is -0.273. The number of hydrogen-bond acceptors (Lipinski definition) is 6. The summed E-state index contributed by atoms with van der Waals surface area (Å²) in [6.45, 7) is 9.74. The minimum absolute atomic E-state index is 0.0294. The topological polar surface area (TPSA) is 98.5 Å². The van der Waals surface area contributed by atoms with Crippen LogP contribution in [-0.4, -0.2) is 25.5 Å². The maximum Gasteiger partial charge on any atom is 0.309 e. The minimum atomic E-state index is -1.90. The first-order valence-corrected chi connectivity index (χ1v) is 12.5. The SMILES string of the molecule is CC.CC.Cc1cc2c(c([N+](O)(O)Nc3ccc(F)c(-c4ccc5nc(F)ncc5c4)c3F)c1)CCC2O. The van der Waals surface area contributed by atoms with E-state index in [0.717, 1.165) is 12.1 Å². The maximum absolute atomic E-state index is 15.5. The van der Waals surface area contributed by atoms with E-state index >= 15 is 4.39 Å². The number of nitrogens with one attached hydrogen (secondary N) is 1. The number of aliphatic hydroxyl groups is 1. The number of aromatic nitrogens is 2. The highest BCUT2D eigenvalue weighted by Crippen LogP contribution is 2.40. The van der Waals surface area contributed by atoms with E-state index in [1.807, 2.05) is 27.7 Å². The molecule has 0 radical (unpaired) electrons. The molecule has 1 aromatic heterocycles. The molecule has 0 amide bonds. The van der Waals surface area contributed by atoms with Crippen molar-refractivity contribution in [3.63, 3.8) is 0 Å². The normalized spacial score (nSPS) is 14.2. The third kappa shape index (κ3) is 5.63. The summed E-state index contributed by atoms with van der Waals surface area (Å²) < 4.78 is 43.4. The van der Waals surface area contributed by atoms with Gasteiger partial charge in [-0.15, -0.1) is 10.4 Å². The predicted molar refractivity (Wildman–Crippen MR) is 141 cm³/mol. The van der Waals surface area contributed by atoms with Gasteiger partial charge in [-0.05, 0) is 60.7 Å². The van der Waals surface area contributed by atoms with Crippen LogP contribution in [0.25, 0.3) is 22.0 Å². The van der Waals surface area contributed by atoms with Crippen molar-refractivity contribution in [1.82, 2.24) is 14.9 Å². The van der Waals surface area contributed by atoms with Crippen molar-refractivity contribution in [2.45, 2.75) is 53.6 Å². The van der Waals surface area contributed by atoms with Crippen LogP contribution in [0.4, 0.5) is 24.5 Å². The zero-order valence-electron chi connectivity index (χ0n) is 21.9. The van der Waals surface area contributed by atoms with Crippen LogP contribution in [0.5, 0.6) is 0 Å². The fourth-order valence-electron chi connectivity index (χ4n) is 4.41. The number of hydrogen-bond donors (Lipinski definition) is 4. The molecule has 1 unspecified atom stereocenters. The van der Waals surface area contributed by atoms with E-state index in [-0.39, 0.29) is 22.5 Å². The van der Waals surface area contributed by atoms with Gasteiger partial charge in [-0.25, -0.2) is 18.7 Å². The van der Waals surface area contributed by atoms with E-state index in [2.05, 4.69) is 15.4 Å². The van der Waals surface area contributed by atoms with Gasteiger partial charge in [0.1, 0.15) is 11.5 Å².